The van der Waals surface area contributed by atoms with Gasteiger partial charge in [-0.15, -0.1) is 12.4 Å². The third-order valence-corrected chi connectivity index (χ3v) is 5.65. The Morgan fingerprint density at radius 1 is 1.38 bits per heavy atom. The van der Waals surface area contributed by atoms with E-state index in [1.165, 1.54) is 5.56 Å². The van der Waals surface area contributed by atoms with Crippen molar-refractivity contribution in [3.8, 4) is 0 Å². The summed E-state index contributed by atoms with van der Waals surface area (Å²) in [4.78, 5) is 12.5. The number of carbonyl (C=O) groups excluding carboxylic acids is 1. The van der Waals surface area contributed by atoms with Gasteiger partial charge in [-0.25, -0.2) is 0 Å². The molecule has 0 aromatic heterocycles. The van der Waals surface area contributed by atoms with Gasteiger partial charge in [-0.05, 0) is 67.3 Å². The number of rotatable bonds is 5. The van der Waals surface area contributed by atoms with Gasteiger partial charge in [-0.2, -0.15) is 0 Å². The van der Waals surface area contributed by atoms with Crippen molar-refractivity contribution in [1.82, 2.24) is 10.6 Å². The first-order chi connectivity index (χ1) is 10.9. The molecule has 1 aliphatic carbocycles. The Morgan fingerprint density at radius 3 is 2.75 bits per heavy atom. The van der Waals surface area contributed by atoms with Crippen LogP contribution in [0.1, 0.15) is 38.7 Å². The molecule has 1 aromatic rings. The number of hydrogen-bond acceptors (Lipinski definition) is 2. The second-order valence-corrected chi connectivity index (χ2v) is 8.49. The Labute approximate surface area is 156 Å². The highest BCUT2D eigenvalue weighted by Gasteiger charge is 2.57. The van der Waals surface area contributed by atoms with Crippen molar-refractivity contribution in [1.29, 1.82) is 0 Å². The highest BCUT2D eigenvalue weighted by molar-refractivity contribution is 6.30. The van der Waals surface area contributed by atoms with Crippen LogP contribution < -0.4 is 10.6 Å². The van der Waals surface area contributed by atoms with Gasteiger partial charge < -0.3 is 10.6 Å². The largest absolute Gasteiger partial charge is 0.355 e. The van der Waals surface area contributed by atoms with E-state index in [9.17, 15) is 4.79 Å². The predicted molar refractivity (Wildman–Crippen MR) is 102 cm³/mol. The summed E-state index contributed by atoms with van der Waals surface area (Å²) >= 11 is 6.06. The summed E-state index contributed by atoms with van der Waals surface area (Å²) < 4.78 is 0. The van der Waals surface area contributed by atoms with Gasteiger partial charge in [0, 0.05) is 17.5 Å². The number of hydrogen-bond donors (Lipinski definition) is 2. The first-order valence-electron chi connectivity index (χ1n) is 8.63. The summed E-state index contributed by atoms with van der Waals surface area (Å²) in [5.74, 6) is 0.498. The van der Waals surface area contributed by atoms with E-state index in [4.69, 9.17) is 11.6 Å². The topological polar surface area (TPSA) is 41.1 Å². The number of halogens is 2. The Kier molecular flexibility index (Phi) is 6.22. The Balaban J connectivity index is 0.00000208. The maximum Gasteiger partial charge on any atom is 0.223 e. The molecule has 3 rings (SSSR count). The summed E-state index contributed by atoms with van der Waals surface area (Å²) in [6.07, 6.45) is 4.29. The normalized spacial score (nSPS) is 21.9. The first-order valence-corrected chi connectivity index (χ1v) is 9.01. The summed E-state index contributed by atoms with van der Waals surface area (Å²) in [6, 6.07) is 7.99. The number of carbonyl (C=O) groups is 1. The van der Waals surface area contributed by atoms with Crippen molar-refractivity contribution in [3.63, 3.8) is 0 Å². The van der Waals surface area contributed by atoms with Crippen LogP contribution in [0.15, 0.2) is 24.3 Å². The SMILES string of the molecule is CC(C)(CNC(=O)C1CC12CCNCC2)Cc1cccc(Cl)c1.Cl. The predicted octanol–water partition coefficient (Wildman–Crippen LogP) is 3.84. The number of benzene rings is 1. The summed E-state index contributed by atoms with van der Waals surface area (Å²) in [6.45, 7) is 7.22. The second kappa shape index (κ2) is 7.63. The third kappa shape index (κ3) is 4.65. The molecule has 2 fully saturated rings. The van der Waals surface area contributed by atoms with E-state index in [0.29, 0.717) is 12.0 Å². The molecule has 1 unspecified atom stereocenters. The molecule has 1 saturated heterocycles. The van der Waals surface area contributed by atoms with E-state index >= 15 is 0 Å². The van der Waals surface area contributed by atoms with E-state index < -0.39 is 0 Å². The van der Waals surface area contributed by atoms with Crippen molar-refractivity contribution in [2.24, 2.45) is 16.7 Å². The van der Waals surface area contributed by atoms with Crippen LogP contribution in [0.4, 0.5) is 0 Å². The standard InChI is InChI=1S/C19H27ClN2O.ClH/c1-18(2,11-14-4-3-5-15(20)10-14)13-22-17(23)16-12-19(16)6-8-21-9-7-19;/h3-5,10,16,21H,6-9,11-13H2,1-2H3,(H,22,23);1H. The van der Waals surface area contributed by atoms with E-state index in [1.54, 1.807) is 0 Å². The zero-order chi connectivity index (χ0) is 16.5. The van der Waals surface area contributed by atoms with Crippen LogP contribution in [-0.2, 0) is 11.2 Å². The Morgan fingerprint density at radius 2 is 2.08 bits per heavy atom. The van der Waals surface area contributed by atoms with E-state index in [-0.39, 0.29) is 29.6 Å². The minimum absolute atomic E-state index is 0. The molecule has 1 amide bonds. The van der Waals surface area contributed by atoms with Crippen LogP contribution in [0.25, 0.3) is 0 Å². The number of amides is 1. The lowest BCUT2D eigenvalue weighted by atomic mass is 9.85. The van der Waals surface area contributed by atoms with Crippen LogP contribution in [0, 0.1) is 16.7 Å². The van der Waals surface area contributed by atoms with Crippen molar-refractivity contribution in [2.45, 2.75) is 39.5 Å². The van der Waals surface area contributed by atoms with E-state index in [1.807, 2.05) is 18.2 Å². The van der Waals surface area contributed by atoms with Crippen molar-refractivity contribution in [2.75, 3.05) is 19.6 Å². The third-order valence-electron chi connectivity index (χ3n) is 5.42. The van der Waals surface area contributed by atoms with Gasteiger partial charge in [0.1, 0.15) is 0 Å². The average molecular weight is 371 g/mol. The lowest BCUT2D eigenvalue weighted by Crippen LogP contribution is -2.38. The maximum absolute atomic E-state index is 12.5. The summed E-state index contributed by atoms with van der Waals surface area (Å²) in [7, 11) is 0. The molecule has 1 aromatic carbocycles. The molecule has 1 heterocycles. The van der Waals surface area contributed by atoms with Gasteiger partial charge in [0.25, 0.3) is 0 Å². The quantitative estimate of drug-likeness (QED) is 0.826. The zero-order valence-corrected chi connectivity index (χ0v) is 16.1. The molecule has 0 bridgehead atoms. The Hall–Kier alpha value is -0.770. The van der Waals surface area contributed by atoms with Gasteiger partial charge >= 0.3 is 0 Å². The van der Waals surface area contributed by atoms with Gasteiger partial charge in [-0.3, -0.25) is 4.79 Å². The van der Waals surface area contributed by atoms with Gasteiger partial charge in [0.15, 0.2) is 0 Å². The molecule has 1 atom stereocenters. The fourth-order valence-electron chi connectivity index (χ4n) is 3.91. The molecule has 1 spiro atoms. The Bertz CT molecular complexity index is 582. The van der Waals surface area contributed by atoms with Crippen LogP contribution in [0.2, 0.25) is 5.02 Å². The minimum Gasteiger partial charge on any atom is -0.355 e. The highest BCUT2D eigenvalue weighted by Crippen LogP contribution is 2.58. The number of nitrogens with one attached hydrogen (secondary N) is 2. The summed E-state index contributed by atoms with van der Waals surface area (Å²) in [5, 5.41) is 7.36. The van der Waals surface area contributed by atoms with Crippen LogP contribution >= 0.6 is 24.0 Å². The monoisotopic (exact) mass is 370 g/mol. The van der Waals surface area contributed by atoms with E-state index in [2.05, 4.69) is 30.5 Å². The van der Waals surface area contributed by atoms with Gasteiger partial charge in [0.05, 0.1) is 0 Å². The smallest absolute Gasteiger partial charge is 0.223 e. The lowest BCUT2D eigenvalue weighted by Gasteiger charge is -2.26. The first kappa shape index (κ1) is 19.6. The molecular weight excluding hydrogens is 343 g/mol. The maximum atomic E-state index is 12.5. The van der Waals surface area contributed by atoms with E-state index in [0.717, 1.165) is 43.8 Å². The molecule has 2 N–H and O–H groups in total. The lowest BCUT2D eigenvalue weighted by molar-refractivity contribution is -0.123. The van der Waals surface area contributed by atoms with Crippen LogP contribution in [-0.4, -0.2) is 25.5 Å². The highest BCUT2D eigenvalue weighted by atomic mass is 35.5. The molecule has 2 aliphatic rings. The van der Waals surface area contributed by atoms with Crippen molar-refractivity contribution < 1.29 is 4.79 Å². The number of piperidine rings is 1. The average Bonchev–Trinajstić information content (AvgIpc) is 3.18. The zero-order valence-electron chi connectivity index (χ0n) is 14.5. The molecule has 0 radical (unpaired) electrons. The molecule has 3 nitrogen and oxygen atoms in total. The fraction of sp³-hybridized carbons (Fsp3) is 0.632. The summed E-state index contributed by atoms with van der Waals surface area (Å²) in [5.41, 5.74) is 1.56. The van der Waals surface area contributed by atoms with Crippen molar-refractivity contribution in [3.05, 3.63) is 34.9 Å². The molecule has 1 aliphatic heterocycles. The van der Waals surface area contributed by atoms with Crippen molar-refractivity contribution >= 4 is 29.9 Å². The second-order valence-electron chi connectivity index (χ2n) is 8.06. The molecule has 1 saturated carbocycles. The molecule has 5 heteroatoms. The van der Waals surface area contributed by atoms with Gasteiger partial charge in [0.2, 0.25) is 5.91 Å². The molecule has 24 heavy (non-hydrogen) atoms. The van der Waals surface area contributed by atoms with Gasteiger partial charge in [-0.1, -0.05) is 37.6 Å². The van der Waals surface area contributed by atoms with Crippen LogP contribution in [0.5, 0.6) is 0 Å². The van der Waals surface area contributed by atoms with Crippen LogP contribution in [0.3, 0.4) is 0 Å². The molecule has 134 valence electrons. The minimum atomic E-state index is 0. The molecular formula is C19H28Cl2N2O. The fourth-order valence-corrected chi connectivity index (χ4v) is 4.12.